The van der Waals surface area contributed by atoms with E-state index in [0.29, 0.717) is 24.6 Å². The smallest absolute Gasteiger partial charge is 0.254 e. The zero-order valence-corrected chi connectivity index (χ0v) is 16.6. The Kier molecular flexibility index (Phi) is 5.25. The fourth-order valence-electron chi connectivity index (χ4n) is 4.21. The van der Waals surface area contributed by atoms with Crippen molar-refractivity contribution in [2.45, 2.75) is 38.6 Å². The van der Waals surface area contributed by atoms with Crippen LogP contribution in [-0.2, 0) is 4.79 Å². The van der Waals surface area contributed by atoms with Gasteiger partial charge in [0.1, 0.15) is 5.75 Å². The number of hydrogen-bond donors (Lipinski definition) is 1. The van der Waals surface area contributed by atoms with E-state index < -0.39 is 0 Å². The number of carbonyl (C=O) groups excluding carboxylic acids is 2. The molecule has 2 aromatic carbocycles. The molecule has 2 aromatic rings. The number of piperidine rings is 1. The van der Waals surface area contributed by atoms with Gasteiger partial charge >= 0.3 is 0 Å². The number of nitrogens with one attached hydrogen (secondary N) is 1. The Morgan fingerprint density at radius 2 is 1.71 bits per heavy atom. The SMILES string of the molecule is COc1ccc(C(=O)N2CCC(C(=O)NC(C)C3CC3)CC2)c2ccccc12. The van der Waals surface area contributed by atoms with Crippen molar-refractivity contribution < 1.29 is 14.3 Å². The van der Waals surface area contributed by atoms with E-state index in [1.807, 2.05) is 41.3 Å². The summed E-state index contributed by atoms with van der Waals surface area (Å²) < 4.78 is 5.43. The predicted octanol–water partition coefficient (Wildman–Crippen LogP) is 3.62. The molecule has 1 aliphatic heterocycles. The molecule has 0 aromatic heterocycles. The van der Waals surface area contributed by atoms with Crippen LogP contribution in [0, 0.1) is 11.8 Å². The summed E-state index contributed by atoms with van der Waals surface area (Å²) in [4.78, 5) is 27.5. The second-order valence-electron chi connectivity index (χ2n) is 8.06. The first kappa shape index (κ1) is 18.8. The van der Waals surface area contributed by atoms with Crippen molar-refractivity contribution in [1.29, 1.82) is 0 Å². The molecule has 4 rings (SSSR count). The highest BCUT2D eigenvalue weighted by Crippen LogP contribution is 2.33. The van der Waals surface area contributed by atoms with Gasteiger partial charge in [-0.2, -0.15) is 0 Å². The summed E-state index contributed by atoms with van der Waals surface area (Å²) >= 11 is 0. The first-order valence-electron chi connectivity index (χ1n) is 10.2. The molecule has 1 N–H and O–H groups in total. The van der Waals surface area contributed by atoms with Gasteiger partial charge in [-0.25, -0.2) is 0 Å². The number of fused-ring (bicyclic) bond motifs is 1. The lowest BCUT2D eigenvalue weighted by molar-refractivity contribution is -0.127. The second kappa shape index (κ2) is 7.82. The van der Waals surface area contributed by atoms with Gasteiger partial charge in [-0.3, -0.25) is 9.59 Å². The zero-order valence-electron chi connectivity index (χ0n) is 16.6. The third-order valence-electron chi connectivity index (χ3n) is 6.19. The van der Waals surface area contributed by atoms with Crippen LogP contribution in [0.2, 0.25) is 0 Å². The highest BCUT2D eigenvalue weighted by molar-refractivity contribution is 6.08. The van der Waals surface area contributed by atoms with E-state index in [1.54, 1.807) is 7.11 Å². The molecule has 1 saturated heterocycles. The topological polar surface area (TPSA) is 58.6 Å². The van der Waals surface area contributed by atoms with E-state index in [2.05, 4.69) is 12.2 Å². The van der Waals surface area contributed by atoms with E-state index in [1.165, 1.54) is 12.8 Å². The van der Waals surface area contributed by atoms with E-state index >= 15 is 0 Å². The summed E-state index contributed by atoms with van der Waals surface area (Å²) in [7, 11) is 1.64. The summed E-state index contributed by atoms with van der Waals surface area (Å²) in [6.07, 6.45) is 3.90. The Bertz CT molecular complexity index is 883. The summed E-state index contributed by atoms with van der Waals surface area (Å²) in [5.74, 6) is 1.63. The van der Waals surface area contributed by atoms with Gasteiger partial charge in [0.2, 0.25) is 5.91 Å². The number of hydrogen-bond acceptors (Lipinski definition) is 3. The molecule has 5 nitrogen and oxygen atoms in total. The third-order valence-corrected chi connectivity index (χ3v) is 6.19. The van der Waals surface area contributed by atoms with Crippen LogP contribution in [0.1, 0.15) is 43.0 Å². The van der Waals surface area contributed by atoms with Crippen molar-refractivity contribution in [1.82, 2.24) is 10.2 Å². The van der Waals surface area contributed by atoms with E-state index in [9.17, 15) is 9.59 Å². The van der Waals surface area contributed by atoms with Crippen molar-refractivity contribution in [2.75, 3.05) is 20.2 Å². The number of ether oxygens (including phenoxy) is 1. The number of nitrogens with zero attached hydrogens (tertiary/aromatic N) is 1. The standard InChI is InChI=1S/C23H28N2O3/c1-15(16-7-8-16)24-22(26)17-11-13-25(14-12-17)23(27)20-9-10-21(28-2)19-6-4-3-5-18(19)20/h3-6,9-10,15-17H,7-8,11-14H2,1-2H3,(H,24,26). The fourth-order valence-corrected chi connectivity index (χ4v) is 4.21. The minimum atomic E-state index is 0.0119. The van der Waals surface area contributed by atoms with E-state index in [0.717, 1.165) is 29.4 Å². The Morgan fingerprint density at radius 1 is 1.04 bits per heavy atom. The van der Waals surface area contributed by atoms with Crippen LogP contribution in [0.4, 0.5) is 0 Å². The molecule has 1 unspecified atom stereocenters. The normalized spacial score (nSPS) is 18.7. The molecule has 28 heavy (non-hydrogen) atoms. The highest BCUT2D eigenvalue weighted by atomic mass is 16.5. The molecule has 1 heterocycles. The summed E-state index contributed by atoms with van der Waals surface area (Å²) in [5.41, 5.74) is 0.696. The number of methoxy groups -OCH3 is 1. The lowest BCUT2D eigenvalue weighted by Gasteiger charge is -2.32. The third kappa shape index (κ3) is 3.71. The molecule has 1 aliphatic carbocycles. The van der Waals surface area contributed by atoms with Crippen molar-refractivity contribution >= 4 is 22.6 Å². The van der Waals surface area contributed by atoms with Crippen LogP contribution in [0.25, 0.3) is 10.8 Å². The molecule has 0 radical (unpaired) electrons. The van der Waals surface area contributed by atoms with Gasteiger partial charge < -0.3 is 15.0 Å². The van der Waals surface area contributed by atoms with Gasteiger partial charge in [-0.15, -0.1) is 0 Å². The Balaban J connectivity index is 1.43. The molecule has 5 heteroatoms. The minimum absolute atomic E-state index is 0.0119. The van der Waals surface area contributed by atoms with Crippen LogP contribution >= 0.6 is 0 Å². The molecule has 1 atom stereocenters. The maximum absolute atomic E-state index is 13.1. The number of likely N-dealkylation sites (tertiary alicyclic amines) is 1. The van der Waals surface area contributed by atoms with Crippen LogP contribution in [0.5, 0.6) is 5.75 Å². The van der Waals surface area contributed by atoms with Crippen LogP contribution in [-0.4, -0.2) is 43.0 Å². The quantitative estimate of drug-likeness (QED) is 0.862. The molecule has 1 saturated carbocycles. The van der Waals surface area contributed by atoms with Crippen LogP contribution < -0.4 is 10.1 Å². The molecular formula is C23H28N2O3. The molecular weight excluding hydrogens is 352 g/mol. The van der Waals surface area contributed by atoms with Crippen molar-refractivity contribution in [2.24, 2.45) is 11.8 Å². The van der Waals surface area contributed by atoms with Gasteiger partial charge in [-0.05, 0) is 56.0 Å². The van der Waals surface area contributed by atoms with Gasteiger partial charge in [0, 0.05) is 36.0 Å². The lowest BCUT2D eigenvalue weighted by atomic mass is 9.94. The van der Waals surface area contributed by atoms with Crippen molar-refractivity contribution in [3.8, 4) is 5.75 Å². The summed E-state index contributed by atoms with van der Waals surface area (Å²) in [6.45, 7) is 3.34. The zero-order chi connectivity index (χ0) is 19.7. The maximum Gasteiger partial charge on any atom is 0.254 e. The number of amides is 2. The Hall–Kier alpha value is -2.56. The van der Waals surface area contributed by atoms with Crippen LogP contribution in [0.15, 0.2) is 36.4 Å². The second-order valence-corrected chi connectivity index (χ2v) is 8.06. The van der Waals surface area contributed by atoms with Gasteiger partial charge in [0.15, 0.2) is 0 Å². The molecule has 0 bridgehead atoms. The lowest BCUT2D eigenvalue weighted by Crippen LogP contribution is -2.45. The Morgan fingerprint density at radius 3 is 2.36 bits per heavy atom. The van der Waals surface area contributed by atoms with Crippen molar-refractivity contribution in [3.05, 3.63) is 42.0 Å². The summed E-state index contributed by atoms with van der Waals surface area (Å²) in [6, 6.07) is 11.8. The number of benzene rings is 2. The molecule has 2 amide bonds. The van der Waals surface area contributed by atoms with E-state index in [-0.39, 0.29) is 23.8 Å². The average molecular weight is 380 g/mol. The average Bonchev–Trinajstić information content (AvgIpc) is 3.58. The summed E-state index contributed by atoms with van der Waals surface area (Å²) in [5, 5.41) is 5.02. The molecule has 148 valence electrons. The maximum atomic E-state index is 13.1. The predicted molar refractivity (Wildman–Crippen MR) is 109 cm³/mol. The first-order chi connectivity index (χ1) is 13.6. The van der Waals surface area contributed by atoms with Crippen LogP contribution in [0.3, 0.4) is 0 Å². The van der Waals surface area contributed by atoms with Gasteiger partial charge in [0.25, 0.3) is 5.91 Å². The fraction of sp³-hybridized carbons (Fsp3) is 0.478. The number of rotatable bonds is 5. The van der Waals surface area contributed by atoms with Crippen molar-refractivity contribution in [3.63, 3.8) is 0 Å². The molecule has 2 fully saturated rings. The minimum Gasteiger partial charge on any atom is -0.496 e. The van der Waals surface area contributed by atoms with Gasteiger partial charge in [-0.1, -0.05) is 24.3 Å². The first-order valence-corrected chi connectivity index (χ1v) is 10.2. The largest absolute Gasteiger partial charge is 0.496 e. The molecule has 2 aliphatic rings. The Labute approximate surface area is 166 Å². The molecule has 0 spiro atoms. The van der Waals surface area contributed by atoms with E-state index in [4.69, 9.17) is 4.74 Å². The monoisotopic (exact) mass is 380 g/mol. The highest BCUT2D eigenvalue weighted by Gasteiger charge is 2.33. The number of carbonyl (C=O) groups is 2. The van der Waals surface area contributed by atoms with Gasteiger partial charge in [0.05, 0.1) is 7.11 Å².